The highest BCUT2D eigenvalue weighted by atomic mass is 32.2. The largest absolute Gasteiger partial charge is 0.382 e. The van der Waals surface area contributed by atoms with Gasteiger partial charge >= 0.3 is 0 Å². The standard InChI is InChI=1S/C10H19N3S2/c1-4-6-7-13(5-2)10-8(14-3)9(11)12-15-10/h4-7H2,1-3H3,(H2,11,12). The molecule has 0 aliphatic heterocycles. The smallest absolute Gasteiger partial charge is 0.153 e. The Balaban J connectivity index is 2.81. The zero-order valence-corrected chi connectivity index (χ0v) is 11.2. The minimum atomic E-state index is 0.678. The Morgan fingerprint density at radius 2 is 2.20 bits per heavy atom. The highest BCUT2D eigenvalue weighted by Crippen LogP contribution is 2.37. The Bertz CT molecular complexity index is 299. The lowest BCUT2D eigenvalue weighted by Crippen LogP contribution is -2.23. The zero-order valence-electron chi connectivity index (χ0n) is 9.62. The number of aromatic nitrogens is 1. The third-order valence-electron chi connectivity index (χ3n) is 2.31. The maximum atomic E-state index is 5.82. The molecular formula is C10H19N3S2. The maximum absolute atomic E-state index is 5.82. The van der Waals surface area contributed by atoms with E-state index in [-0.39, 0.29) is 0 Å². The summed E-state index contributed by atoms with van der Waals surface area (Å²) in [5, 5.41) is 1.23. The van der Waals surface area contributed by atoms with E-state index in [2.05, 4.69) is 29.4 Å². The molecule has 1 aromatic heterocycles. The van der Waals surface area contributed by atoms with Crippen LogP contribution in [0.4, 0.5) is 10.8 Å². The van der Waals surface area contributed by atoms with Crippen molar-refractivity contribution >= 4 is 34.1 Å². The number of rotatable bonds is 6. The van der Waals surface area contributed by atoms with E-state index in [4.69, 9.17) is 5.73 Å². The molecule has 0 radical (unpaired) electrons. The van der Waals surface area contributed by atoms with Gasteiger partial charge in [0, 0.05) is 13.1 Å². The van der Waals surface area contributed by atoms with E-state index in [1.54, 1.807) is 11.8 Å². The van der Waals surface area contributed by atoms with Gasteiger partial charge in [0.05, 0.1) is 4.90 Å². The van der Waals surface area contributed by atoms with Crippen molar-refractivity contribution in [2.45, 2.75) is 31.6 Å². The first-order valence-electron chi connectivity index (χ1n) is 5.28. The SMILES string of the molecule is CCCCN(CC)c1snc(N)c1SC. The van der Waals surface area contributed by atoms with Crippen LogP contribution in [0, 0.1) is 0 Å². The molecule has 3 nitrogen and oxygen atoms in total. The molecule has 1 heterocycles. The topological polar surface area (TPSA) is 42.2 Å². The lowest BCUT2D eigenvalue weighted by molar-refractivity contribution is 0.733. The molecule has 0 amide bonds. The lowest BCUT2D eigenvalue weighted by Gasteiger charge is -2.21. The lowest BCUT2D eigenvalue weighted by atomic mass is 10.3. The fourth-order valence-corrected chi connectivity index (χ4v) is 3.21. The molecule has 86 valence electrons. The Morgan fingerprint density at radius 3 is 2.73 bits per heavy atom. The number of unbranched alkanes of at least 4 members (excludes halogenated alkanes) is 1. The first-order chi connectivity index (χ1) is 7.24. The van der Waals surface area contributed by atoms with E-state index in [1.165, 1.54) is 29.4 Å². The molecule has 0 aliphatic rings. The van der Waals surface area contributed by atoms with Gasteiger partial charge in [0.2, 0.25) is 0 Å². The van der Waals surface area contributed by atoms with Crippen molar-refractivity contribution in [2.75, 3.05) is 30.0 Å². The molecule has 0 atom stereocenters. The summed E-state index contributed by atoms with van der Waals surface area (Å²) in [6.45, 7) is 6.51. The molecule has 0 saturated heterocycles. The molecule has 0 spiro atoms. The highest BCUT2D eigenvalue weighted by Gasteiger charge is 2.15. The first kappa shape index (κ1) is 12.6. The molecule has 0 aliphatic carbocycles. The second-order valence-electron chi connectivity index (χ2n) is 3.34. The van der Waals surface area contributed by atoms with E-state index >= 15 is 0 Å². The van der Waals surface area contributed by atoms with Gasteiger partial charge in [-0.1, -0.05) is 13.3 Å². The minimum Gasteiger partial charge on any atom is -0.382 e. The normalized spacial score (nSPS) is 10.6. The minimum absolute atomic E-state index is 0.678. The molecule has 0 bridgehead atoms. The van der Waals surface area contributed by atoms with Crippen molar-refractivity contribution in [3.63, 3.8) is 0 Å². The van der Waals surface area contributed by atoms with E-state index in [9.17, 15) is 0 Å². The van der Waals surface area contributed by atoms with Crippen LogP contribution in [-0.4, -0.2) is 23.7 Å². The number of anilines is 2. The predicted molar refractivity (Wildman–Crippen MR) is 71.1 cm³/mol. The number of hydrogen-bond donors (Lipinski definition) is 1. The predicted octanol–water partition coefficient (Wildman–Crippen LogP) is 3.07. The van der Waals surface area contributed by atoms with Gasteiger partial charge in [0.1, 0.15) is 5.00 Å². The number of hydrogen-bond acceptors (Lipinski definition) is 5. The molecule has 0 aromatic carbocycles. The van der Waals surface area contributed by atoms with Crippen LogP contribution in [0.3, 0.4) is 0 Å². The van der Waals surface area contributed by atoms with Crippen LogP contribution in [0.1, 0.15) is 26.7 Å². The van der Waals surface area contributed by atoms with Crippen LogP contribution < -0.4 is 10.6 Å². The van der Waals surface area contributed by atoms with Crippen molar-refractivity contribution in [1.29, 1.82) is 0 Å². The monoisotopic (exact) mass is 245 g/mol. The van der Waals surface area contributed by atoms with Gasteiger partial charge in [-0.05, 0) is 31.1 Å². The summed E-state index contributed by atoms with van der Waals surface area (Å²) in [5.74, 6) is 0.678. The van der Waals surface area contributed by atoms with Crippen molar-refractivity contribution < 1.29 is 0 Å². The Labute approximate surface area is 100 Å². The summed E-state index contributed by atoms with van der Waals surface area (Å²) < 4.78 is 4.22. The summed E-state index contributed by atoms with van der Waals surface area (Å²) in [7, 11) is 0. The van der Waals surface area contributed by atoms with Crippen molar-refractivity contribution in [3.8, 4) is 0 Å². The van der Waals surface area contributed by atoms with Gasteiger partial charge in [-0.2, -0.15) is 4.37 Å². The molecule has 1 rings (SSSR count). The van der Waals surface area contributed by atoms with Crippen molar-refractivity contribution in [2.24, 2.45) is 0 Å². The van der Waals surface area contributed by atoms with Gasteiger partial charge in [-0.15, -0.1) is 11.8 Å². The fraction of sp³-hybridized carbons (Fsp3) is 0.700. The number of nitrogens with two attached hydrogens (primary N) is 1. The highest BCUT2D eigenvalue weighted by molar-refractivity contribution is 7.99. The quantitative estimate of drug-likeness (QED) is 0.782. The van der Waals surface area contributed by atoms with E-state index in [0.717, 1.165) is 18.0 Å². The van der Waals surface area contributed by atoms with Crippen LogP contribution >= 0.6 is 23.3 Å². The summed E-state index contributed by atoms with van der Waals surface area (Å²) in [4.78, 5) is 3.50. The molecule has 0 fully saturated rings. The van der Waals surface area contributed by atoms with Gasteiger partial charge in [0.25, 0.3) is 0 Å². The maximum Gasteiger partial charge on any atom is 0.153 e. The number of thioether (sulfide) groups is 1. The van der Waals surface area contributed by atoms with Crippen LogP contribution in [0.15, 0.2) is 4.90 Å². The third kappa shape index (κ3) is 3.01. The summed E-state index contributed by atoms with van der Waals surface area (Å²) in [5.41, 5.74) is 5.82. The average molecular weight is 245 g/mol. The van der Waals surface area contributed by atoms with E-state index in [1.807, 2.05) is 0 Å². The second kappa shape index (κ2) is 6.23. The molecule has 5 heteroatoms. The Hall–Kier alpha value is -0.420. The van der Waals surface area contributed by atoms with Crippen LogP contribution in [0.25, 0.3) is 0 Å². The first-order valence-corrected chi connectivity index (χ1v) is 7.28. The summed E-state index contributed by atoms with van der Waals surface area (Å²) >= 11 is 3.20. The van der Waals surface area contributed by atoms with Gasteiger partial charge in [-0.3, -0.25) is 0 Å². The third-order valence-corrected chi connectivity index (χ3v) is 4.18. The molecule has 0 unspecified atom stereocenters. The number of nitrogen functional groups attached to an aromatic ring is 1. The summed E-state index contributed by atoms with van der Waals surface area (Å²) in [6.07, 6.45) is 4.50. The summed E-state index contributed by atoms with van der Waals surface area (Å²) in [6, 6.07) is 0. The zero-order chi connectivity index (χ0) is 11.3. The molecule has 1 aromatic rings. The molecule has 15 heavy (non-hydrogen) atoms. The van der Waals surface area contributed by atoms with Gasteiger partial charge in [0.15, 0.2) is 5.82 Å². The van der Waals surface area contributed by atoms with Crippen molar-refractivity contribution in [3.05, 3.63) is 0 Å². The van der Waals surface area contributed by atoms with Crippen LogP contribution in [0.5, 0.6) is 0 Å². The second-order valence-corrected chi connectivity index (χ2v) is 4.91. The van der Waals surface area contributed by atoms with Crippen LogP contribution in [-0.2, 0) is 0 Å². The van der Waals surface area contributed by atoms with Gasteiger partial charge in [-0.25, -0.2) is 0 Å². The number of nitrogens with zero attached hydrogens (tertiary/aromatic N) is 2. The van der Waals surface area contributed by atoms with E-state index < -0.39 is 0 Å². The molecular weight excluding hydrogens is 226 g/mol. The molecule has 0 saturated carbocycles. The van der Waals surface area contributed by atoms with Crippen LogP contribution in [0.2, 0.25) is 0 Å². The van der Waals surface area contributed by atoms with Crippen molar-refractivity contribution in [1.82, 2.24) is 4.37 Å². The van der Waals surface area contributed by atoms with Gasteiger partial charge < -0.3 is 10.6 Å². The Kier molecular flexibility index (Phi) is 5.25. The average Bonchev–Trinajstić information content (AvgIpc) is 2.61. The Morgan fingerprint density at radius 1 is 1.47 bits per heavy atom. The molecule has 2 N–H and O–H groups in total. The van der Waals surface area contributed by atoms with E-state index in [0.29, 0.717) is 5.82 Å². The fourth-order valence-electron chi connectivity index (χ4n) is 1.43.